The molecule has 0 spiro atoms. The maximum atomic E-state index is 13.5. The van der Waals surface area contributed by atoms with E-state index in [2.05, 4.69) is 27.3 Å². The van der Waals surface area contributed by atoms with Crippen LogP contribution in [-0.4, -0.2) is 39.5 Å². The third kappa shape index (κ3) is 4.30. The van der Waals surface area contributed by atoms with Gasteiger partial charge >= 0.3 is 0 Å². The van der Waals surface area contributed by atoms with Crippen LogP contribution >= 0.6 is 0 Å². The zero-order valence-electron chi connectivity index (χ0n) is 14.3. The van der Waals surface area contributed by atoms with Gasteiger partial charge in [-0.3, -0.25) is 0 Å². The lowest BCUT2D eigenvalue weighted by molar-refractivity contribution is 0.131. The third-order valence-corrected chi connectivity index (χ3v) is 3.82. The van der Waals surface area contributed by atoms with Gasteiger partial charge in [-0.05, 0) is 31.0 Å². The molecule has 0 fully saturated rings. The highest BCUT2D eigenvalue weighted by atomic mass is 19.1. The Bertz CT molecular complexity index is 820. The van der Waals surface area contributed by atoms with Gasteiger partial charge < -0.3 is 10.1 Å². The fourth-order valence-corrected chi connectivity index (χ4v) is 2.51. The van der Waals surface area contributed by atoms with Crippen LogP contribution in [0.15, 0.2) is 36.8 Å². The van der Waals surface area contributed by atoms with Gasteiger partial charge in [-0.2, -0.15) is 5.10 Å². The number of anilines is 1. The van der Waals surface area contributed by atoms with Crippen LogP contribution in [0.2, 0.25) is 0 Å². The van der Waals surface area contributed by atoms with Gasteiger partial charge in [-0.15, -0.1) is 0 Å². The number of nitrogens with zero attached hydrogens (tertiary/aromatic N) is 4. The normalized spacial score (nSPS) is 11.1. The summed E-state index contributed by atoms with van der Waals surface area (Å²) in [4.78, 5) is 8.58. The van der Waals surface area contributed by atoms with Gasteiger partial charge in [0.05, 0.1) is 17.3 Å². The van der Waals surface area contributed by atoms with E-state index in [0.717, 1.165) is 50.2 Å². The van der Waals surface area contributed by atoms with Crippen LogP contribution in [0.25, 0.3) is 16.7 Å². The lowest BCUT2D eigenvalue weighted by atomic mass is 10.3. The Morgan fingerprint density at radius 2 is 2.08 bits per heavy atom. The number of hydrogen-bond acceptors (Lipinski definition) is 5. The molecule has 7 heteroatoms. The number of aromatic nitrogens is 4. The first-order valence-corrected chi connectivity index (χ1v) is 8.56. The van der Waals surface area contributed by atoms with Crippen LogP contribution in [0.5, 0.6) is 0 Å². The van der Waals surface area contributed by atoms with Crippen LogP contribution in [0.4, 0.5) is 10.2 Å². The zero-order valence-corrected chi connectivity index (χ0v) is 14.3. The monoisotopic (exact) mass is 343 g/mol. The lowest BCUT2D eigenvalue weighted by Crippen LogP contribution is -2.08. The summed E-state index contributed by atoms with van der Waals surface area (Å²) >= 11 is 0. The van der Waals surface area contributed by atoms with Crippen molar-refractivity contribution in [3.63, 3.8) is 0 Å². The van der Waals surface area contributed by atoms with Gasteiger partial charge in [0.15, 0.2) is 5.65 Å². The molecule has 0 unspecified atom stereocenters. The van der Waals surface area contributed by atoms with Crippen LogP contribution in [0.3, 0.4) is 0 Å². The van der Waals surface area contributed by atoms with Crippen molar-refractivity contribution in [3.8, 4) is 5.69 Å². The summed E-state index contributed by atoms with van der Waals surface area (Å²) in [6, 6.07) is 6.27. The van der Waals surface area contributed by atoms with Crippen LogP contribution in [0, 0.1) is 5.82 Å². The van der Waals surface area contributed by atoms with Crippen molar-refractivity contribution in [2.45, 2.75) is 26.2 Å². The lowest BCUT2D eigenvalue weighted by Gasteiger charge is -2.07. The minimum absolute atomic E-state index is 0.309. The highest BCUT2D eigenvalue weighted by molar-refractivity contribution is 5.87. The van der Waals surface area contributed by atoms with E-state index in [9.17, 15) is 4.39 Å². The number of benzene rings is 1. The van der Waals surface area contributed by atoms with Gasteiger partial charge in [0, 0.05) is 19.8 Å². The van der Waals surface area contributed by atoms with E-state index >= 15 is 0 Å². The average molecular weight is 343 g/mol. The molecule has 3 rings (SSSR count). The fraction of sp³-hybridized carbons (Fsp3) is 0.389. The summed E-state index contributed by atoms with van der Waals surface area (Å²) in [6.07, 6.45) is 6.32. The molecule has 3 aromatic rings. The first-order chi connectivity index (χ1) is 12.3. The minimum atomic E-state index is -0.309. The highest BCUT2D eigenvalue weighted by Gasteiger charge is 2.11. The van der Waals surface area contributed by atoms with Crippen molar-refractivity contribution in [1.82, 2.24) is 19.7 Å². The van der Waals surface area contributed by atoms with Crippen LogP contribution < -0.4 is 5.32 Å². The fourth-order valence-electron chi connectivity index (χ4n) is 2.51. The largest absolute Gasteiger partial charge is 0.381 e. The molecule has 1 N–H and O–H groups in total. The number of hydrogen-bond donors (Lipinski definition) is 1. The van der Waals surface area contributed by atoms with E-state index < -0.39 is 0 Å². The molecular formula is C18H22FN5O. The summed E-state index contributed by atoms with van der Waals surface area (Å²) in [5, 5.41) is 8.43. The van der Waals surface area contributed by atoms with Crippen molar-refractivity contribution in [2.75, 3.05) is 25.1 Å². The highest BCUT2D eigenvalue weighted by Crippen LogP contribution is 2.21. The summed E-state index contributed by atoms with van der Waals surface area (Å²) in [6.45, 7) is 4.44. The summed E-state index contributed by atoms with van der Waals surface area (Å²) in [5.41, 5.74) is 1.27. The van der Waals surface area contributed by atoms with Crippen molar-refractivity contribution < 1.29 is 9.13 Å². The molecule has 0 amide bonds. The molecule has 0 saturated heterocycles. The molecule has 0 saturated carbocycles. The Labute approximate surface area is 146 Å². The Balaban J connectivity index is 1.67. The van der Waals surface area contributed by atoms with Gasteiger partial charge in [-0.25, -0.2) is 19.0 Å². The van der Waals surface area contributed by atoms with E-state index in [0.29, 0.717) is 11.3 Å². The smallest absolute Gasteiger partial charge is 0.168 e. The molecule has 25 heavy (non-hydrogen) atoms. The second-order valence-corrected chi connectivity index (χ2v) is 5.74. The van der Waals surface area contributed by atoms with E-state index in [1.165, 1.54) is 18.5 Å². The molecule has 0 atom stereocenters. The predicted molar refractivity (Wildman–Crippen MR) is 95.5 cm³/mol. The summed E-state index contributed by atoms with van der Waals surface area (Å²) in [7, 11) is 0. The van der Waals surface area contributed by atoms with E-state index in [1.807, 2.05) is 0 Å². The summed E-state index contributed by atoms with van der Waals surface area (Å²) in [5.74, 6) is 0.415. The maximum absolute atomic E-state index is 13.5. The van der Waals surface area contributed by atoms with Crippen molar-refractivity contribution in [1.29, 1.82) is 0 Å². The van der Waals surface area contributed by atoms with Gasteiger partial charge in [-0.1, -0.05) is 19.4 Å². The van der Waals surface area contributed by atoms with Crippen molar-refractivity contribution in [2.24, 2.45) is 0 Å². The minimum Gasteiger partial charge on any atom is -0.381 e. The van der Waals surface area contributed by atoms with E-state index in [-0.39, 0.29) is 5.82 Å². The Morgan fingerprint density at radius 1 is 1.20 bits per heavy atom. The molecule has 0 aliphatic heterocycles. The zero-order chi connectivity index (χ0) is 17.5. The molecule has 132 valence electrons. The summed E-state index contributed by atoms with van der Waals surface area (Å²) < 4.78 is 20.6. The number of unbranched alkanes of at least 4 members (excludes halogenated alkanes) is 1. The number of nitrogens with one attached hydrogen (secondary N) is 1. The average Bonchev–Trinajstić information content (AvgIpc) is 3.06. The quantitative estimate of drug-likeness (QED) is 0.602. The Morgan fingerprint density at radius 3 is 2.92 bits per heavy atom. The Kier molecular flexibility index (Phi) is 5.90. The molecular weight excluding hydrogens is 321 g/mol. The van der Waals surface area contributed by atoms with Gasteiger partial charge in [0.2, 0.25) is 0 Å². The number of rotatable bonds is 9. The SMILES string of the molecule is CCCCOCCCNc1ncnc2c1cnn2-c1cccc(F)c1. The van der Waals surface area contributed by atoms with Crippen molar-refractivity contribution >= 4 is 16.9 Å². The first-order valence-electron chi connectivity index (χ1n) is 8.56. The Hall–Kier alpha value is -2.54. The number of halogens is 1. The van der Waals surface area contributed by atoms with E-state index in [4.69, 9.17) is 4.74 Å². The number of ether oxygens (including phenoxy) is 1. The van der Waals surface area contributed by atoms with Crippen LogP contribution in [-0.2, 0) is 4.74 Å². The molecule has 2 heterocycles. The molecule has 1 aromatic carbocycles. The van der Waals surface area contributed by atoms with E-state index in [1.54, 1.807) is 23.0 Å². The maximum Gasteiger partial charge on any atom is 0.168 e. The molecule has 2 aromatic heterocycles. The number of fused-ring (bicyclic) bond motifs is 1. The standard InChI is InChI=1S/C18H22FN5O/c1-2-3-9-25-10-5-8-20-17-16-12-23-24(18(16)22-13-21-17)15-7-4-6-14(19)11-15/h4,6-7,11-13H,2-3,5,8-10H2,1H3,(H,20,21,22). The second-order valence-electron chi connectivity index (χ2n) is 5.74. The molecule has 0 aliphatic carbocycles. The van der Waals surface area contributed by atoms with Gasteiger partial charge in [0.1, 0.15) is 18.0 Å². The molecule has 6 nitrogen and oxygen atoms in total. The third-order valence-electron chi connectivity index (χ3n) is 3.82. The molecule has 0 radical (unpaired) electrons. The molecule has 0 bridgehead atoms. The predicted octanol–water partition coefficient (Wildman–Crippen LogP) is 3.57. The molecule has 0 aliphatic rings. The van der Waals surface area contributed by atoms with Gasteiger partial charge in [0.25, 0.3) is 0 Å². The second kappa shape index (κ2) is 8.53. The van der Waals surface area contributed by atoms with Crippen molar-refractivity contribution in [3.05, 3.63) is 42.6 Å². The van der Waals surface area contributed by atoms with Crippen LogP contribution in [0.1, 0.15) is 26.2 Å². The first kappa shape index (κ1) is 17.3. The topological polar surface area (TPSA) is 64.9 Å².